The van der Waals surface area contributed by atoms with Crippen molar-refractivity contribution in [3.05, 3.63) is 69.8 Å². The summed E-state index contributed by atoms with van der Waals surface area (Å²) >= 11 is 0. The minimum absolute atomic E-state index is 0.134. The minimum atomic E-state index is -0.501. The summed E-state index contributed by atoms with van der Waals surface area (Å²) in [6, 6.07) is 14.3. The molecule has 2 aromatic carbocycles. The molecule has 0 radical (unpaired) electrons. The van der Waals surface area contributed by atoms with Crippen LogP contribution < -0.4 is 10.6 Å². The Morgan fingerprint density at radius 1 is 1.23 bits per heavy atom. The highest BCUT2D eigenvalue weighted by molar-refractivity contribution is 5.95. The highest BCUT2D eigenvalue weighted by Gasteiger charge is 2.18. The highest BCUT2D eigenvalue weighted by atomic mass is 16.6. The maximum absolute atomic E-state index is 12.4. The fourth-order valence-corrected chi connectivity index (χ4v) is 2.51. The summed E-state index contributed by atoms with van der Waals surface area (Å²) < 4.78 is 4.92. The van der Waals surface area contributed by atoms with Crippen LogP contribution in [-0.4, -0.2) is 37.6 Å². The van der Waals surface area contributed by atoms with Gasteiger partial charge in [0.15, 0.2) is 0 Å². The van der Waals surface area contributed by atoms with Crippen LogP contribution in [0.15, 0.2) is 48.5 Å². The van der Waals surface area contributed by atoms with Crippen molar-refractivity contribution in [1.29, 1.82) is 0 Å². The lowest BCUT2D eigenvalue weighted by Gasteiger charge is -2.13. The van der Waals surface area contributed by atoms with E-state index in [1.165, 1.54) is 6.07 Å². The summed E-state index contributed by atoms with van der Waals surface area (Å²) in [5, 5.41) is 17.1. The largest absolute Gasteiger partial charge is 0.383 e. The number of amides is 1. The van der Waals surface area contributed by atoms with Gasteiger partial charge in [0.25, 0.3) is 11.6 Å². The molecule has 1 atom stereocenters. The minimum Gasteiger partial charge on any atom is -0.383 e. The molecule has 2 N–H and O–H groups in total. The van der Waals surface area contributed by atoms with Gasteiger partial charge in [0.2, 0.25) is 0 Å². The Bertz CT molecular complexity index is 750. The second-order valence-corrected chi connectivity index (χ2v) is 5.93. The van der Waals surface area contributed by atoms with Gasteiger partial charge in [-0.1, -0.05) is 37.3 Å². The van der Waals surface area contributed by atoms with Crippen molar-refractivity contribution in [2.45, 2.75) is 12.8 Å². The molecule has 0 aliphatic carbocycles. The van der Waals surface area contributed by atoms with Crippen molar-refractivity contribution >= 4 is 17.3 Å². The van der Waals surface area contributed by atoms with Gasteiger partial charge in [-0.2, -0.15) is 0 Å². The van der Waals surface area contributed by atoms with E-state index in [0.29, 0.717) is 25.4 Å². The van der Waals surface area contributed by atoms with E-state index in [0.717, 1.165) is 5.56 Å². The number of nitro benzene ring substituents is 1. The Balaban J connectivity index is 2.04. The summed E-state index contributed by atoms with van der Waals surface area (Å²) in [5.74, 6) is -0.190. The SMILES string of the molecule is COCCNc1ccc(C(=O)NC[C@H](C)c2ccccc2)cc1[N+](=O)[O-]. The summed E-state index contributed by atoms with van der Waals surface area (Å²) in [6.07, 6.45) is 0. The monoisotopic (exact) mass is 357 g/mol. The van der Waals surface area contributed by atoms with Crippen LogP contribution in [0.2, 0.25) is 0 Å². The highest BCUT2D eigenvalue weighted by Crippen LogP contribution is 2.25. The van der Waals surface area contributed by atoms with Gasteiger partial charge in [-0.05, 0) is 23.6 Å². The number of benzene rings is 2. The summed E-state index contributed by atoms with van der Waals surface area (Å²) in [7, 11) is 1.56. The van der Waals surface area contributed by atoms with Crippen molar-refractivity contribution in [1.82, 2.24) is 5.32 Å². The summed E-state index contributed by atoms with van der Waals surface area (Å²) in [4.78, 5) is 23.1. The second-order valence-electron chi connectivity index (χ2n) is 5.93. The second kappa shape index (κ2) is 9.53. The van der Waals surface area contributed by atoms with Crippen LogP contribution in [0.25, 0.3) is 0 Å². The zero-order chi connectivity index (χ0) is 18.9. The summed E-state index contributed by atoms with van der Waals surface area (Å²) in [5.41, 5.74) is 1.61. The van der Waals surface area contributed by atoms with E-state index < -0.39 is 4.92 Å². The standard InChI is InChI=1S/C19H23N3O4/c1-14(15-6-4-3-5-7-15)13-21-19(23)16-8-9-17(20-10-11-26-2)18(12-16)22(24)25/h3-9,12,14,20H,10-11,13H2,1-2H3,(H,21,23)/t14-/m0/s1. The van der Waals surface area contributed by atoms with Gasteiger partial charge < -0.3 is 15.4 Å². The Kier molecular flexibility index (Phi) is 7.11. The number of anilines is 1. The molecule has 0 aromatic heterocycles. The molecule has 0 bridgehead atoms. The van der Waals surface area contributed by atoms with Crippen molar-refractivity contribution in [2.24, 2.45) is 0 Å². The van der Waals surface area contributed by atoms with Gasteiger partial charge in [-0.15, -0.1) is 0 Å². The molecule has 0 aliphatic rings. The van der Waals surface area contributed by atoms with E-state index in [2.05, 4.69) is 10.6 Å². The quantitative estimate of drug-likeness (QED) is 0.408. The first-order valence-electron chi connectivity index (χ1n) is 8.37. The van der Waals surface area contributed by atoms with Crippen LogP contribution in [0.1, 0.15) is 28.8 Å². The first kappa shape index (κ1) is 19.4. The number of hydrogen-bond acceptors (Lipinski definition) is 5. The molecule has 0 saturated carbocycles. The van der Waals surface area contributed by atoms with Gasteiger partial charge in [0, 0.05) is 31.8 Å². The molecule has 7 heteroatoms. The fraction of sp³-hybridized carbons (Fsp3) is 0.316. The van der Waals surface area contributed by atoms with E-state index in [1.54, 1.807) is 19.2 Å². The number of carbonyl (C=O) groups is 1. The van der Waals surface area contributed by atoms with Gasteiger partial charge in [-0.25, -0.2) is 0 Å². The molecular formula is C19H23N3O4. The molecule has 1 amide bonds. The van der Waals surface area contributed by atoms with E-state index in [4.69, 9.17) is 4.74 Å². The maximum Gasteiger partial charge on any atom is 0.293 e. The lowest BCUT2D eigenvalue weighted by Crippen LogP contribution is -2.27. The van der Waals surface area contributed by atoms with Crippen LogP contribution in [-0.2, 0) is 4.74 Å². The first-order valence-corrected chi connectivity index (χ1v) is 8.37. The maximum atomic E-state index is 12.4. The Hall–Kier alpha value is -2.93. The average Bonchev–Trinajstić information content (AvgIpc) is 2.66. The van der Waals surface area contributed by atoms with Crippen molar-refractivity contribution in [3.8, 4) is 0 Å². The molecule has 2 rings (SSSR count). The lowest BCUT2D eigenvalue weighted by molar-refractivity contribution is -0.384. The van der Waals surface area contributed by atoms with Crippen molar-refractivity contribution in [3.63, 3.8) is 0 Å². The average molecular weight is 357 g/mol. The zero-order valence-electron chi connectivity index (χ0n) is 14.9. The zero-order valence-corrected chi connectivity index (χ0v) is 14.9. The number of nitrogens with one attached hydrogen (secondary N) is 2. The first-order chi connectivity index (χ1) is 12.5. The smallest absolute Gasteiger partial charge is 0.293 e. The van der Waals surface area contributed by atoms with Crippen LogP contribution in [0.5, 0.6) is 0 Å². The molecule has 7 nitrogen and oxygen atoms in total. The normalized spacial score (nSPS) is 11.6. The van der Waals surface area contributed by atoms with Crippen LogP contribution in [0.3, 0.4) is 0 Å². The molecule has 0 fully saturated rings. The third-order valence-electron chi connectivity index (χ3n) is 4.02. The topological polar surface area (TPSA) is 93.5 Å². The summed E-state index contributed by atoms with van der Waals surface area (Å²) in [6.45, 7) is 3.33. The number of carbonyl (C=O) groups excluding carboxylic acids is 1. The van der Waals surface area contributed by atoms with Gasteiger partial charge in [0.1, 0.15) is 5.69 Å². The molecule has 2 aromatic rings. The number of nitro groups is 1. The lowest BCUT2D eigenvalue weighted by atomic mass is 10.0. The van der Waals surface area contributed by atoms with E-state index in [9.17, 15) is 14.9 Å². The fourth-order valence-electron chi connectivity index (χ4n) is 2.51. The van der Waals surface area contributed by atoms with Gasteiger partial charge >= 0.3 is 0 Å². The van der Waals surface area contributed by atoms with E-state index in [1.807, 2.05) is 37.3 Å². The van der Waals surface area contributed by atoms with Crippen molar-refractivity contribution in [2.75, 3.05) is 32.1 Å². The number of hydrogen-bond donors (Lipinski definition) is 2. The Morgan fingerprint density at radius 3 is 2.62 bits per heavy atom. The molecule has 138 valence electrons. The predicted octanol–water partition coefficient (Wildman–Crippen LogP) is 3.19. The van der Waals surface area contributed by atoms with Crippen LogP contribution >= 0.6 is 0 Å². The molecular weight excluding hydrogens is 334 g/mol. The molecule has 0 saturated heterocycles. The molecule has 0 aliphatic heterocycles. The molecule has 0 heterocycles. The van der Waals surface area contributed by atoms with Crippen LogP contribution in [0, 0.1) is 10.1 Å². The molecule has 26 heavy (non-hydrogen) atoms. The van der Waals surface area contributed by atoms with Crippen LogP contribution in [0.4, 0.5) is 11.4 Å². The number of ether oxygens (including phenoxy) is 1. The molecule has 0 spiro atoms. The van der Waals surface area contributed by atoms with Gasteiger partial charge in [-0.3, -0.25) is 14.9 Å². The molecule has 0 unspecified atom stereocenters. The Labute approximate surface area is 152 Å². The number of methoxy groups -OCH3 is 1. The van der Waals surface area contributed by atoms with E-state index in [-0.39, 0.29) is 23.1 Å². The number of nitrogens with zero attached hydrogens (tertiary/aromatic N) is 1. The third-order valence-corrected chi connectivity index (χ3v) is 4.02. The Morgan fingerprint density at radius 2 is 1.96 bits per heavy atom. The van der Waals surface area contributed by atoms with Gasteiger partial charge in [0.05, 0.1) is 11.5 Å². The third kappa shape index (κ3) is 5.29. The van der Waals surface area contributed by atoms with E-state index >= 15 is 0 Å². The van der Waals surface area contributed by atoms with Crippen molar-refractivity contribution < 1.29 is 14.5 Å². The predicted molar refractivity (Wildman–Crippen MR) is 101 cm³/mol. The number of rotatable bonds is 9.